The van der Waals surface area contributed by atoms with E-state index in [0.29, 0.717) is 11.8 Å². The molecule has 118 valence electrons. The molecule has 0 aromatic heterocycles. The number of aliphatic carboxylic acids is 1. The molecular weight excluding hydrogens is 252 g/mol. The predicted molar refractivity (Wildman–Crippen MR) is 83.0 cm³/mol. The molecule has 0 aromatic rings. The fourth-order valence-corrected chi connectivity index (χ4v) is 3.20. The third-order valence-electron chi connectivity index (χ3n) is 4.98. The van der Waals surface area contributed by atoms with Gasteiger partial charge in [-0.2, -0.15) is 0 Å². The van der Waals surface area contributed by atoms with Crippen molar-refractivity contribution < 1.29 is 9.90 Å². The van der Waals surface area contributed by atoms with Gasteiger partial charge in [0.2, 0.25) is 0 Å². The van der Waals surface area contributed by atoms with E-state index in [4.69, 9.17) is 0 Å². The van der Waals surface area contributed by atoms with Gasteiger partial charge in [-0.1, -0.05) is 40.5 Å². The molecule has 20 heavy (non-hydrogen) atoms. The molecule has 0 aliphatic carbocycles. The van der Waals surface area contributed by atoms with Crippen LogP contribution >= 0.6 is 0 Å². The predicted octanol–water partition coefficient (Wildman–Crippen LogP) is 2.73. The largest absolute Gasteiger partial charge is 0.480 e. The van der Waals surface area contributed by atoms with Gasteiger partial charge in [-0.15, -0.1) is 0 Å². The minimum Gasteiger partial charge on any atom is -0.480 e. The van der Waals surface area contributed by atoms with Crippen LogP contribution in [0.5, 0.6) is 0 Å². The Hall–Kier alpha value is -0.610. The van der Waals surface area contributed by atoms with Crippen LogP contribution in [-0.2, 0) is 4.79 Å². The van der Waals surface area contributed by atoms with Gasteiger partial charge in [0.1, 0.15) is 6.04 Å². The van der Waals surface area contributed by atoms with Crippen LogP contribution in [0.1, 0.15) is 59.8 Å². The summed E-state index contributed by atoms with van der Waals surface area (Å²) in [5, 5.41) is 12.4. The van der Waals surface area contributed by atoms with E-state index in [1.165, 1.54) is 25.7 Å². The van der Waals surface area contributed by atoms with Crippen LogP contribution in [0, 0.1) is 5.41 Å². The highest BCUT2D eigenvalue weighted by Gasteiger charge is 2.31. The maximum atomic E-state index is 11.2. The van der Waals surface area contributed by atoms with Gasteiger partial charge in [0.25, 0.3) is 0 Å². The van der Waals surface area contributed by atoms with Crippen LogP contribution in [0.15, 0.2) is 0 Å². The molecule has 0 aromatic carbocycles. The van der Waals surface area contributed by atoms with E-state index in [-0.39, 0.29) is 6.04 Å². The Morgan fingerprint density at radius 1 is 1.25 bits per heavy atom. The van der Waals surface area contributed by atoms with E-state index in [0.717, 1.165) is 19.6 Å². The highest BCUT2D eigenvalue weighted by molar-refractivity contribution is 5.73. The lowest BCUT2D eigenvalue weighted by molar-refractivity contribution is -0.140. The number of nitrogens with zero attached hydrogens (tertiary/aromatic N) is 1. The number of hydrogen-bond donors (Lipinski definition) is 2. The first-order valence-corrected chi connectivity index (χ1v) is 8.13. The molecule has 1 unspecified atom stereocenters. The summed E-state index contributed by atoms with van der Waals surface area (Å²) in [5.74, 6) is -0.729. The van der Waals surface area contributed by atoms with Crippen molar-refractivity contribution in [1.82, 2.24) is 10.2 Å². The van der Waals surface area contributed by atoms with Crippen molar-refractivity contribution in [3.05, 3.63) is 0 Å². The molecule has 4 heteroatoms. The first-order valence-electron chi connectivity index (χ1n) is 8.13. The summed E-state index contributed by atoms with van der Waals surface area (Å²) < 4.78 is 0. The molecule has 1 heterocycles. The summed E-state index contributed by atoms with van der Waals surface area (Å²) in [6.45, 7) is 11.7. The van der Waals surface area contributed by atoms with Crippen molar-refractivity contribution >= 4 is 5.97 Å². The van der Waals surface area contributed by atoms with Gasteiger partial charge >= 0.3 is 5.97 Å². The Morgan fingerprint density at radius 2 is 1.80 bits per heavy atom. The maximum absolute atomic E-state index is 11.2. The fraction of sp³-hybridized carbons (Fsp3) is 0.938. The van der Waals surface area contributed by atoms with Crippen molar-refractivity contribution in [1.29, 1.82) is 0 Å². The molecule has 0 radical (unpaired) electrons. The Balaban J connectivity index is 2.38. The van der Waals surface area contributed by atoms with Crippen LogP contribution in [0.2, 0.25) is 0 Å². The number of carbonyl (C=O) groups is 1. The van der Waals surface area contributed by atoms with E-state index >= 15 is 0 Å². The van der Waals surface area contributed by atoms with Gasteiger partial charge in [-0.05, 0) is 37.8 Å². The normalized spacial score (nSPS) is 21.1. The summed E-state index contributed by atoms with van der Waals surface area (Å²) in [7, 11) is 0. The minimum absolute atomic E-state index is 0.213. The van der Waals surface area contributed by atoms with E-state index in [9.17, 15) is 9.90 Å². The number of piperidine rings is 1. The maximum Gasteiger partial charge on any atom is 0.320 e. The lowest BCUT2D eigenvalue weighted by Gasteiger charge is -2.41. The number of hydrogen-bond acceptors (Lipinski definition) is 3. The van der Waals surface area contributed by atoms with E-state index < -0.39 is 12.0 Å². The van der Waals surface area contributed by atoms with Gasteiger partial charge in [0.05, 0.1) is 0 Å². The Morgan fingerprint density at radius 3 is 2.20 bits per heavy atom. The van der Waals surface area contributed by atoms with Gasteiger partial charge in [-0.25, -0.2) is 0 Å². The summed E-state index contributed by atoms with van der Waals surface area (Å²) in [4.78, 5) is 13.7. The van der Waals surface area contributed by atoms with Crippen LogP contribution < -0.4 is 5.32 Å². The second-order valence-corrected chi connectivity index (χ2v) is 6.55. The lowest BCUT2D eigenvalue weighted by atomic mass is 9.74. The second kappa shape index (κ2) is 7.99. The monoisotopic (exact) mass is 284 g/mol. The SMILES string of the molecule is CCC1(CC)CCN(CCC(NC(C)C)C(=O)O)CC1. The zero-order valence-electron chi connectivity index (χ0n) is 13.6. The van der Waals surface area contributed by atoms with Crippen molar-refractivity contribution in [3.8, 4) is 0 Å². The van der Waals surface area contributed by atoms with Crippen molar-refractivity contribution in [2.24, 2.45) is 5.41 Å². The summed E-state index contributed by atoms with van der Waals surface area (Å²) in [5.41, 5.74) is 0.541. The molecule has 1 aliphatic rings. The number of nitrogens with one attached hydrogen (secondary N) is 1. The molecule has 1 fully saturated rings. The van der Waals surface area contributed by atoms with Crippen LogP contribution in [-0.4, -0.2) is 47.7 Å². The molecule has 1 aliphatic heterocycles. The van der Waals surface area contributed by atoms with Crippen molar-refractivity contribution in [3.63, 3.8) is 0 Å². The van der Waals surface area contributed by atoms with Crippen molar-refractivity contribution in [2.75, 3.05) is 19.6 Å². The average molecular weight is 284 g/mol. The molecule has 1 atom stereocenters. The van der Waals surface area contributed by atoms with Crippen LogP contribution in [0.4, 0.5) is 0 Å². The lowest BCUT2D eigenvalue weighted by Crippen LogP contribution is -2.45. The highest BCUT2D eigenvalue weighted by atomic mass is 16.4. The number of likely N-dealkylation sites (tertiary alicyclic amines) is 1. The zero-order valence-corrected chi connectivity index (χ0v) is 13.6. The number of carboxylic acids is 1. The topological polar surface area (TPSA) is 52.6 Å². The van der Waals surface area contributed by atoms with Crippen LogP contribution in [0.25, 0.3) is 0 Å². The summed E-state index contributed by atoms with van der Waals surface area (Å²) in [6.07, 6.45) is 5.75. The van der Waals surface area contributed by atoms with Crippen LogP contribution in [0.3, 0.4) is 0 Å². The summed E-state index contributed by atoms with van der Waals surface area (Å²) >= 11 is 0. The quantitative estimate of drug-likeness (QED) is 0.719. The molecule has 2 N–H and O–H groups in total. The standard InChI is InChI=1S/C16H32N2O2/c1-5-16(6-2)8-11-18(12-9-16)10-7-14(15(19)20)17-13(3)4/h13-14,17H,5-12H2,1-4H3,(H,19,20). The van der Waals surface area contributed by atoms with E-state index in [2.05, 4.69) is 24.1 Å². The molecule has 0 saturated carbocycles. The minimum atomic E-state index is -0.729. The molecule has 4 nitrogen and oxygen atoms in total. The average Bonchev–Trinajstić information content (AvgIpc) is 2.43. The first-order chi connectivity index (χ1) is 9.42. The molecule has 0 amide bonds. The van der Waals surface area contributed by atoms with Crippen molar-refractivity contribution in [2.45, 2.75) is 71.9 Å². The molecule has 1 rings (SSSR count). The highest BCUT2D eigenvalue weighted by Crippen LogP contribution is 2.37. The van der Waals surface area contributed by atoms with Gasteiger partial charge in [0, 0.05) is 12.6 Å². The molecular formula is C16H32N2O2. The van der Waals surface area contributed by atoms with Gasteiger partial charge in [-0.3, -0.25) is 4.79 Å². The Kier molecular flexibility index (Phi) is 6.96. The Labute approximate surface area is 123 Å². The van der Waals surface area contributed by atoms with Gasteiger partial charge in [0.15, 0.2) is 0 Å². The third-order valence-corrected chi connectivity index (χ3v) is 4.98. The molecule has 0 spiro atoms. The Bertz CT molecular complexity index is 291. The molecule has 0 bridgehead atoms. The first kappa shape index (κ1) is 17.4. The van der Waals surface area contributed by atoms with E-state index in [1.54, 1.807) is 0 Å². The zero-order chi connectivity index (χ0) is 15.2. The number of rotatable bonds is 8. The smallest absolute Gasteiger partial charge is 0.320 e. The third kappa shape index (κ3) is 5.06. The second-order valence-electron chi connectivity index (χ2n) is 6.55. The van der Waals surface area contributed by atoms with Gasteiger partial charge < -0.3 is 15.3 Å². The summed E-state index contributed by atoms with van der Waals surface area (Å²) in [6, 6.07) is -0.204. The molecule has 1 saturated heterocycles. The fourth-order valence-electron chi connectivity index (χ4n) is 3.20. The number of carboxylic acid groups (broad SMARTS) is 1. The van der Waals surface area contributed by atoms with E-state index in [1.807, 2.05) is 13.8 Å².